The van der Waals surface area contributed by atoms with Gasteiger partial charge < -0.3 is 10.2 Å². The van der Waals surface area contributed by atoms with Gasteiger partial charge in [0, 0.05) is 25.7 Å². The van der Waals surface area contributed by atoms with E-state index in [0.29, 0.717) is 11.5 Å². The Hall–Kier alpha value is -2.51. The number of carbonyl (C=O) groups excluding carboxylic acids is 1. The smallest absolute Gasteiger partial charge is 0.353 e. The summed E-state index contributed by atoms with van der Waals surface area (Å²) in [6, 6.07) is 4.40. The van der Waals surface area contributed by atoms with Gasteiger partial charge in [0.1, 0.15) is 5.69 Å². The van der Waals surface area contributed by atoms with Gasteiger partial charge in [-0.3, -0.25) is 9.48 Å². The number of alkyl halides is 3. The van der Waals surface area contributed by atoms with Gasteiger partial charge >= 0.3 is 6.18 Å². The third kappa shape index (κ3) is 3.47. The summed E-state index contributed by atoms with van der Waals surface area (Å²) in [4.78, 5) is 14.6. The van der Waals surface area contributed by atoms with E-state index in [-0.39, 0.29) is 5.56 Å². The van der Waals surface area contributed by atoms with Crippen LogP contribution in [0.4, 0.5) is 24.7 Å². The lowest BCUT2D eigenvalue weighted by Crippen LogP contribution is -2.21. The van der Waals surface area contributed by atoms with Gasteiger partial charge in [0.15, 0.2) is 5.82 Å². The highest BCUT2D eigenvalue weighted by atomic mass is 19.4. The van der Waals surface area contributed by atoms with Gasteiger partial charge in [-0.2, -0.15) is 18.3 Å². The molecule has 2 heterocycles. The SMILES string of the molecule is Cc1c(NC(=O)c2cccc(C(F)(F)F)c2)c(N2CCCC2)nn1C. The summed E-state index contributed by atoms with van der Waals surface area (Å²) in [5.74, 6) is 0.0838. The van der Waals surface area contributed by atoms with E-state index in [4.69, 9.17) is 0 Å². The molecule has 5 nitrogen and oxygen atoms in total. The van der Waals surface area contributed by atoms with Crippen LogP contribution in [-0.2, 0) is 13.2 Å². The number of aromatic nitrogens is 2. The van der Waals surface area contributed by atoms with Gasteiger partial charge in [-0.1, -0.05) is 6.07 Å². The van der Waals surface area contributed by atoms with Gasteiger partial charge in [-0.25, -0.2) is 0 Å². The molecule has 134 valence electrons. The van der Waals surface area contributed by atoms with E-state index in [9.17, 15) is 18.0 Å². The molecule has 2 aromatic rings. The quantitative estimate of drug-likeness (QED) is 0.918. The minimum absolute atomic E-state index is 0.0366. The van der Waals surface area contributed by atoms with Crippen molar-refractivity contribution in [3.05, 3.63) is 41.1 Å². The average Bonchev–Trinajstić information content (AvgIpc) is 3.18. The molecule has 1 aliphatic rings. The van der Waals surface area contributed by atoms with Gasteiger partial charge in [0.25, 0.3) is 5.91 Å². The van der Waals surface area contributed by atoms with Crippen LogP contribution in [0.2, 0.25) is 0 Å². The van der Waals surface area contributed by atoms with Crippen LogP contribution in [0, 0.1) is 6.92 Å². The van der Waals surface area contributed by atoms with Crippen LogP contribution in [0.25, 0.3) is 0 Å². The Balaban J connectivity index is 1.89. The fourth-order valence-corrected chi connectivity index (χ4v) is 2.91. The minimum Gasteiger partial charge on any atom is -0.353 e. The number of rotatable bonds is 3. The van der Waals surface area contributed by atoms with Crippen LogP contribution < -0.4 is 10.2 Å². The zero-order valence-corrected chi connectivity index (χ0v) is 14.0. The molecule has 1 aromatic carbocycles. The van der Waals surface area contributed by atoms with Crippen LogP contribution in [0.3, 0.4) is 0 Å². The molecule has 1 aliphatic heterocycles. The minimum atomic E-state index is -4.48. The van der Waals surface area contributed by atoms with Crippen LogP contribution in [-0.4, -0.2) is 28.8 Å². The number of anilines is 2. The normalized spacial score (nSPS) is 14.8. The lowest BCUT2D eigenvalue weighted by atomic mass is 10.1. The predicted octanol–water partition coefficient (Wildman–Crippen LogP) is 3.60. The predicted molar refractivity (Wildman–Crippen MR) is 88.8 cm³/mol. The fourth-order valence-electron chi connectivity index (χ4n) is 2.91. The first-order valence-corrected chi connectivity index (χ1v) is 8.04. The van der Waals surface area contributed by atoms with Crippen molar-refractivity contribution in [2.75, 3.05) is 23.3 Å². The van der Waals surface area contributed by atoms with Gasteiger partial charge in [-0.05, 0) is 38.0 Å². The van der Waals surface area contributed by atoms with E-state index < -0.39 is 17.6 Å². The average molecular weight is 352 g/mol. The van der Waals surface area contributed by atoms with Crippen molar-refractivity contribution >= 4 is 17.4 Å². The Labute approximate surface area is 143 Å². The van der Waals surface area contributed by atoms with Crippen LogP contribution in [0.5, 0.6) is 0 Å². The number of nitrogens with one attached hydrogen (secondary N) is 1. The summed E-state index contributed by atoms with van der Waals surface area (Å²) < 4.78 is 40.2. The first kappa shape index (κ1) is 17.3. The van der Waals surface area contributed by atoms with E-state index in [1.807, 2.05) is 6.92 Å². The lowest BCUT2D eigenvalue weighted by Gasteiger charge is -2.17. The zero-order chi connectivity index (χ0) is 18.2. The maximum atomic E-state index is 12.8. The molecule has 0 unspecified atom stereocenters. The number of aryl methyl sites for hydroxylation is 1. The molecular weight excluding hydrogens is 333 g/mol. The summed E-state index contributed by atoms with van der Waals surface area (Å²) in [6.07, 6.45) is -2.38. The van der Waals surface area contributed by atoms with E-state index in [2.05, 4.69) is 15.3 Å². The molecule has 1 saturated heterocycles. The third-order valence-electron chi connectivity index (χ3n) is 4.41. The molecule has 0 spiro atoms. The van der Waals surface area contributed by atoms with Crippen LogP contribution in [0.1, 0.15) is 34.5 Å². The number of amides is 1. The van der Waals surface area contributed by atoms with Crippen molar-refractivity contribution in [3.8, 4) is 0 Å². The molecular formula is C17H19F3N4O. The Morgan fingerprint density at radius 3 is 2.56 bits per heavy atom. The van der Waals surface area contributed by atoms with Crippen molar-refractivity contribution in [1.82, 2.24) is 9.78 Å². The largest absolute Gasteiger partial charge is 0.416 e. The molecule has 3 rings (SSSR count). The summed E-state index contributed by atoms with van der Waals surface area (Å²) in [6.45, 7) is 3.51. The van der Waals surface area contributed by atoms with E-state index in [0.717, 1.165) is 43.8 Å². The second kappa shape index (κ2) is 6.42. The number of benzene rings is 1. The summed E-state index contributed by atoms with van der Waals surface area (Å²) in [7, 11) is 1.77. The number of halogens is 3. The number of carbonyl (C=O) groups is 1. The summed E-state index contributed by atoms with van der Waals surface area (Å²) in [5.41, 5.74) is 0.419. The maximum absolute atomic E-state index is 12.8. The van der Waals surface area contributed by atoms with Crippen molar-refractivity contribution in [3.63, 3.8) is 0 Å². The van der Waals surface area contributed by atoms with Gasteiger partial charge in [0.05, 0.1) is 11.3 Å². The molecule has 1 amide bonds. The highest BCUT2D eigenvalue weighted by Gasteiger charge is 2.31. The maximum Gasteiger partial charge on any atom is 0.416 e. The second-order valence-corrected chi connectivity index (χ2v) is 6.13. The first-order valence-electron chi connectivity index (χ1n) is 8.04. The number of hydrogen-bond acceptors (Lipinski definition) is 3. The number of nitrogens with zero attached hydrogens (tertiary/aromatic N) is 3. The molecule has 0 radical (unpaired) electrons. The molecule has 1 fully saturated rings. The summed E-state index contributed by atoms with van der Waals surface area (Å²) >= 11 is 0. The highest BCUT2D eigenvalue weighted by molar-refractivity contribution is 6.06. The second-order valence-electron chi connectivity index (χ2n) is 6.13. The molecule has 0 atom stereocenters. The molecule has 1 aromatic heterocycles. The molecule has 0 bridgehead atoms. The van der Waals surface area contributed by atoms with Crippen LogP contribution >= 0.6 is 0 Å². The standard InChI is InChI=1S/C17H19F3N4O/c1-11-14(15(22-23(11)2)24-8-3-4-9-24)21-16(25)12-6-5-7-13(10-12)17(18,19)20/h5-7,10H,3-4,8-9H2,1-2H3,(H,21,25). The van der Waals surface area contributed by atoms with Gasteiger partial charge in [0.2, 0.25) is 0 Å². The van der Waals surface area contributed by atoms with Crippen molar-refractivity contribution in [2.24, 2.45) is 7.05 Å². The Bertz CT molecular complexity index is 792. The van der Waals surface area contributed by atoms with E-state index in [1.54, 1.807) is 11.7 Å². The lowest BCUT2D eigenvalue weighted by molar-refractivity contribution is -0.137. The van der Waals surface area contributed by atoms with Crippen LogP contribution in [0.15, 0.2) is 24.3 Å². The number of hydrogen-bond donors (Lipinski definition) is 1. The zero-order valence-electron chi connectivity index (χ0n) is 14.0. The van der Waals surface area contributed by atoms with E-state index >= 15 is 0 Å². The topological polar surface area (TPSA) is 50.2 Å². The van der Waals surface area contributed by atoms with E-state index in [1.165, 1.54) is 12.1 Å². The summed E-state index contributed by atoms with van der Waals surface area (Å²) in [5, 5.41) is 7.18. The molecule has 0 aliphatic carbocycles. The van der Waals surface area contributed by atoms with Crippen molar-refractivity contribution in [2.45, 2.75) is 25.9 Å². The Morgan fingerprint density at radius 1 is 1.24 bits per heavy atom. The fraction of sp³-hybridized carbons (Fsp3) is 0.412. The van der Waals surface area contributed by atoms with Crippen molar-refractivity contribution < 1.29 is 18.0 Å². The molecule has 0 saturated carbocycles. The van der Waals surface area contributed by atoms with Gasteiger partial charge in [-0.15, -0.1) is 0 Å². The molecule has 8 heteroatoms. The molecule has 1 N–H and O–H groups in total. The first-order chi connectivity index (χ1) is 11.8. The monoisotopic (exact) mass is 352 g/mol. The Kier molecular flexibility index (Phi) is 4.45. The Morgan fingerprint density at radius 2 is 1.92 bits per heavy atom. The highest BCUT2D eigenvalue weighted by Crippen LogP contribution is 2.32. The third-order valence-corrected chi connectivity index (χ3v) is 4.41. The van der Waals surface area contributed by atoms with Crippen molar-refractivity contribution in [1.29, 1.82) is 0 Å². The molecule has 25 heavy (non-hydrogen) atoms.